The van der Waals surface area contributed by atoms with E-state index in [1.807, 2.05) is 0 Å². The van der Waals surface area contributed by atoms with E-state index < -0.39 is 0 Å². The van der Waals surface area contributed by atoms with Crippen LogP contribution in [0.5, 0.6) is 0 Å². The van der Waals surface area contributed by atoms with Gasteiger partial charge in [0.25, 0.3) is 0 Å². The van der Waals surface area contributed by atoms with Crippen molar-refractivity contribution in [2.75, 3.05) is 0 Å². The first-order valence-electron chi connectivity index (χ1n) is 9.14. The zero-order valence-electron chi connectivity index (χ0n) is 13.9. The van der Waals surface area contributed by atoms with Crippen molar-refractivity contribution in [2.24, 2.45) is 11.8 Å². The summed E-state index contributed by atoms with van der Waals surface area (Å²) in [7, 11) is 0. The quantitative estimate of drug-likeness (QED) is 0.296. The van der Waals surface area contributed by atoms with E-state index in [1.54, 1.807) is 0 Å². The van der Waals surface area contributed by atoms with Crippen LogP contribution in [0.15, 0.2) is 24.3 Å². The molecule has 116 valence electrons. The fourth-order valence-electron chi connectivity index (χ4n) is 3.32. The van der Waals surface area contributed by atoms with Gasteiger partial charge in [-0.05, 0) is 70.1 Å². The van der Waals surface area contributed by atoms with Gasteiger partial charge in [-0.15, -0.1) is 0 Å². The van der Waals surface area contributed by atoms with Crippen molar-refractivity contribution < 1.29 is 0 Å². The maximum Gasteiger partial charge on any atom is -0.0233 e. The van der Waals surface area contributed by atoms with Crippen LogP contribution in [0, 0.1) is 11.8 Å². The van der Waals surface area contributed by atoms with E-state index in [4.69, 9.17) is 0 Å². The lowest BCUT2D eigenvalue weighted by Crippen LogP contribution is -2.12. The Labute approximate surface area is 127 Å². The van der Waals surface area contributed by atoms with E-state index in [9.17, 15) is 0 Å². The topological polar surface area (TPSA) is 0 Å². The first-order valence-corrected chi connectivity index (χ1v) is 9.14. The lowest BCUT2D eigenvalue weighted by Gasteiger charge is -2.26. The molecule has 0 N–H and O–H groups in total. The standard InChI is InChI=1S/C20H36/c1-3-5-7-8-9-10-12-14-20-17-15-19(16-18-20)13-11-6-4-2/h4,6,12,14,19-20H,3,5,7-11,13,15-18H2,1-2H3. The molecule has 0 radical (unpaired) electrons. The summed E-state index contributed by atoms with van der Waals surface area (Å²) in [5, 5.41) is 0. The van der Waals surface area contributed by atoms with Crippen LogP contribution >= 0.6 is 0 Å². The average molecular weight is 277 g/mol. The molecule has 0 aliphatic heterocycles. The Hall–Kier alpha value is -0.520. The molecule has 0 aromatic carbocycles. The largest absolute Gasteiger partial charge is 0.0917 e. The highest BCUT2D eigenvalue weighted by molar-refractivity contribution is 4.91. The number of allylic oxidation sites excluding steroid dienone is 4. The minimum atomic E-state index is 0.892. The lowest BCUT2D eigenvalue weighted by molar-refractivity contribution is 0.297. The predicted molar refractivity (Wildman–Crippen MR) is 92.0 cm³/mol. The molecule has 20 heavy (non-hydrogen) atoms. The number of hydrogen-bond acceptors (Lipinski definition) is 0. The van der Waals surface area contributed by atoms with Gasteiger partial charge in [-0.1, -0.05) is 56.9 Å². The van der Waals surface area contributed by atoms with E-state index in [1.165, 1.54) is 77.0 Å². The second kappa shape index (κ2) is 12.2. The van der Waals surface area contributed by atoms with Crippen molar-refractivity contribution in [1.82, 2.24) is 0 Å². The van der Waals surface area contributed by atoms with E-state index in [0.29, 0.717) is 0 Å². The highest BCUT2D eigenvalue weighted by atomic mass is 14.2. The molecule has 0 heterocycles. The zero-order valence-corrected chi connectivity index (χ0v) is 13.9. The SMILES string of the molecule is CC=CCCC1CCC(C=CCCCCCCC)CC1. The number of hydrogen-bond donors (Lipinski definition) is 0. The van der Waals surface area contributed by atoms with Crippen LogP contribution in [-0.4, -0.2) is 0 Å². The van der Waals surface area contributed by atoms with Crippen LogP contribution in [0.3, 0.4) is 0 Å². The zero-order chi connectivity index (χ0) is 14.5. The summed E-state index contributed by atoms with van der Waals surface area (Å²) in [4.78, 5) is 0. The van der Waals surface area contributed by atoms with Crippen molar-refractivity contribution in [3.8, 4) is 0 Å². The number of unbranched alkanes of at least 4 members (excludes halogenated alkanes) is 5. The van der Waals surface area contributed by atoms with Crippen molar-refractivity contribution in [2.45, 2.75) is 90.9 Å². The van der Waals surface area contributed by atoms with Gasteiger partial charge in [0.2, 0.25) is 0 Å². The molecule has 1 aliphatic rings. The Morgan fingerprint density at radius 3 is 2.30 bits per heavy atom. The van der Waals surface area contributed by atoms with E-state index in [-0.39, 0.29) is 0 Å². The van der Waals surface area contributed by atoms with Crippen LogP contribution in [0.2, 0.25) is 0 Å². The van der Waals surface area contributed by atoms with Gasteiger partial charge in [0.15, 0.2) is 0 Å². The molecule has 0 heteroatoms. The molecule has 0 amide bonds. The molecule has 0 saturated heterocycles. The van der Waals surface area contributed by atoms with E-state index >= 15 is 0 Å². The van der Waals surface area contributed by atoms with Gasteiger partial charge in [-0.25, -0.2) is 0 Å². The third-order valence-corrected chi connectivity index (χ3v) is 4.75. The summed E-state index contributed by atoms with van der Waals surface area (Å²) >= 11 is 0. The summed E-state index contributed by atoms with van der Waals surface area (Å²) in [5.74, 6) is 1.90. The third-order valence-electron chi connectivity index (χ3n) is 4.75. The molecule has 0 atom stereocenters. The third kappa shape index (κ3) is 8.61. The Morgan fingerprint density at radius 1 is 0.850 bits per heavy atom. The van der Waals surface area contributed by atoms with Crippen LogP contribution in [0.4, 0.5) is 0 Å². The molecule has 0 bridgehead atoms. The molecule has 1 saturated carbocycles. The molecule has 1 rings (SSSR count). The van der Waals surface area contributed by atoms with Gasteiger partial charge >= 0.3 is 0 Å². The molecular formula is C20H36. The summed E-state index contributed by atoms with van der Waals surface area (Å²) < 4.78 is 0. The minimum absolute atomic E-state index is 0.892. The molecule has 1 fully saturated rings. The maximum atomic E-state index is 2.53. The average Bonchev–Trinajstić information content (AvgIpc) is 2.48. The summed E-state index contributed by atoms with van der Waals surface area (Å²) in [6, 6.07) is 0. The lowest BCUT2D eigenvalue weighted by atomic mass is 9.80. The maximum absolute atomic E-state index is 2.53. The highest BCUT2D eigenvalue weighted by Crippen LogP contribution is 2.32. The Kier molecular flexibility index (Phi) is 10.7. The first kappa shape index (κ1) is 17.5. The van der Waals surface area contributed by atoms with Crippen LogP contribution < -0.4 is 0 Å². The van der Waals surface area contributed by atoms with Gasteiger partial charge < -0.3 is 0 Å². The van der Waals surface area contributed by atoms with E-state index in [2.05, 4.69) is 38.2 Å². The van der Waals surface area contributed by atoms with Crippen LogP contribution in [-0.2, 0) is 0 Å². The van der Waals surface area contributed by atoms with Gasteiger partial charge in [0.05, 0.1) is 0 Å². The second-order valence-electron chi connectivity index (χ2n) is 6.56. The summed E-state index contributed by atoms with van der Waals surface area (Å²) in [6.45, 7) is 4.42. The molecule has 0 aromatic heterocycles. The van der Waals surface area contributed by atoms with E-state index in [0.717, 1.165) is 11.8 Å². The van der Waals surface area contributed by atoms with Gasteiger partial charge in [-0.2, -0.15) is 0 Å². The molecule has 0 spiro atoms. The van der Waals surface area contributed by atoms with Crippen molar-refractivity contribution >= 4 is 0 Å². The molecule has 1 aliphatic carbocycles. The highest BCUT2D eigenvalue weighted by Gasteiger charge is 2.18. The smallest absolute Gasteiger partial charge is 0.0233 e. The fourth-order valence-corrected chi connectivity index (χ4v) is 3.32. The van der Waals surface area contributed by atoms with Gasteiger partial charge in [-0.3, -0.25) is 0 Å². The van der Waals surface area contributed by atoms with Gasteiger partial charge in [0.1, 0.15) is 0 Å². The van der Waals surface area contributed by atoms with Crippen molar-refractivity contribution in [3.63, 3.8) is 0 Å². The fraction of sp³-hybridized carbons (Fsp3) is 0.800. The second-order valence-corrected chi connectivity index (χ2v) is 6.56. The summed E-state index contributed by atoms with van der Waals surface area (Å²) in [5.41, 5.74) is 0. The minimum Gasteiger partial charge on any atom is -0.0917 e. The van der Waals surface area contributed by atoms with Gasteiger partial charge in [0, 0.05) is 0 Å². The number of rotatable bonds is 10. The van der Waals surface area contributed by atoms with Crippen LogP contribution in [0.1, 0.15) is 90.9 Å². The monoisotopic (exact) mass is 276 g/mol. The van der Waals surface area contributed by atoms with Crippen molar-refractivity contribution in [3.05, 3.63) is 24.3 Å². The molecule has 0 aromatic rings. The summed E-state index contributed by atoms with van der Waals surface area (Å²) in [6.07, 6.45) is 26.4. The normalized spacial score (nSPS) is 23.9. The van der Waals surface area contributed by atoms with Crippen molar-refractivity contribution in [1.29, 1.82) is 0 Å². The Morgan fingerprint density at radius 2 is 1.60 bits per heavy atom. The molecular weight excluding hydrogens is 240 g/mol. The molecule has 0 unspecified atom stereocenters. The Bertz CT molecular complexity index is 253. The Balaban J connectivity index is 2.01. The first-order chi connectivity index (χ1) is 9.86. The molecule has 0 nitrogen and oxygen atoms in total. The van der Waals surface area contributed by atoms with Crippen LogP contribution in [0.25, 0.3) is 0 Å². The predicted octanol–water partition coefficient (Wildman–Crippen LogP) is 7.07.